The van der Waals surface area contributed by atoms with Crippen LogP contribution in [0.2, 0.25) is 0 Å². The number of aromatic nitrogens is 1. The first-order valence-electron chi connectivity index (χ1n) is 9.78. The fourth-order valence-corrected chi connectivity index (χ4v) is 5.50. The number of thiophene rings is 1. The first-order valence-corrected chi connectivity index (χ1v) is 13.0. The van der Waals surface area contributed by atoms with Gasteiger partial charge in [0.15, 0.2) is 0 Å². The van der Waals surface area contributed by atoms with E-state index in [2.05, 4.69) is 15.2 Å². The van der Waals surface area contributed by atoms with Crippen molar-refractivity contribution in [3.8, 4) is 0 Å². The molecule has 10 nitrogen and oxygen atoms in total. The average Bonchev–Trinajstić information content (AvgIpc) is 3.48. The SMILES string of the molecule is Cc1noc(NS(=O)(=O)c2ccc(NC(=O)CN3C(=O)S/C(=C\c4cccs4)C3=O)cc2)c1C. The van der Waals surface area contributed by atoms with Crippen LogP contribution in [0.25, 0.3) is 6.08 Å². The number of sulfonamides is 1. The summed E-state index contributed by atoms with van der Waals surface area (Å²) in [5.74, 6) is -1.11. The lowest BCUT2D eigenvalue weighted by Crippen LogP contribution is -2.36. The summed E-state index contributed by atoms with van der Waals surface area (Å²) in [6.07, 6.45) is 1.61. The lowest BCUT2D eigenvalue weighted by atomic mass is 10.3. The van der Waals surface area contributed by atoms with Crippen molar-refractivity contribution in [2.75, 3.05) is 16.6 Å². The molecule has 0 radical (unpaired) electrons. The molecule has 176 valence electrons. The molecule has 0 unspecified atom stereocenters. The largest absolute Gasteiger partial charge is 0.337 e. The maximum atomic E-state index is 12.6. The number of rotatable bonds is 7. The second-order valence-electron chi connectivity index (χ2n) is 7.18. The van der Waals surface area contributed by atoms with E-state index in [0.717, 1.165) is 21.5 Å². The first kappa shape index (κ1) is 23.7. The Morgan fingerprint density at radius 1 is 1.18 bits per heavy atom. The molecule has 34 heavy (non-hydrogen) atoms. The van der Waals surface area contributed by atoms with E-state index in [1.807, 2.05) is 17.5 Å². The minimum atomic E-state index is -3.93. The molecule has 0 atom stereocenters. The van der Waals surface area contributed by atoms with Crippen LogP contribution in [-0.2, 0) is 19.6 Å². The van der Waals surface area contributed by atoms with E-state index in [1.165, 1.54) is 35.6 Å². The number of nitrogens with zero attached hydrogens (tertiary/aromatic N) is 2. The van der Waals surface area contributed by atoms with Crippen LogP contribution in [0.15, 0.2) is 56.1 Å². The zero-order valence-electron chi connectivity index (χ0n) is 17.9. The van der Waals surface area contributed by atoms with Crippen LogP contribution in [-0.4, -0.2) is 42.1 Å². The number of thioether (sulfide) groups is 1. The van der Waals surface area contributed by atoms with Gasteiger partial charge >= 0.3 is 0 Å². The summed E-state index contributed by atoms with van der Waals surface area (Å²) in [6.45, 7) is 2.91. The van der Waals surface area contributed by atoms with E-state index >= 15 is 0 Å². The molecular weight excluding hydrogens is 500 g/mol. The summed E-state index contributed by atoms with van der Waals surface area (Å²) in [5.41, 5.74) is 1.44. The number of aryl methyl sites for hydroxylation is 1. The predicted molar refractivity (Wildman–Crippen MR) is 129 cm³/mol. The molecule has 1 aliphatic rings. The van der Waals surface area contributed by atoms with Gasteiger partial charge in [-0.25, -0.2) is 13.1 Å². The van der Waals surface area contributed by atoms with Crippen molar-refractivity contribution in [1.29, 1.82) is 0 Å². The van der Waals surface area contributed by atoms with Gasteiger partial charge in [-0.2, -0.15) is 0 Å². The van der Waals surface area contributed by atoms with Gasteiger partial charge in [0, 0.05) is 16.1 Å². The van der Waals surface area contributed by atoms with Crippen LogP contribution in [0.4, 0.5) is 16.4 Å². The van der Waals surface area contributed by atoms with Gasteiger partial charge in [-0.3, -0.25) is 19.3 Å². The molecule has 3 amide bonds. The zero-order chi connectivity index (χ0) is 24.5. The number of amides is 3. The highest BCUT2D eigenvalue weighted by Crippen LogP contribution is 2.32. The van der Waals surface area contributed by atoms with Crippen molar-refractivity contribution in [3.05, 3.63) is 62.8 Å². The number of hydrogen-bond donors (Lipinski definition) is 2. The number of imide groups is 1. The van der Waals surface area contributed by atoms with E-state index in [-0.39, 0.29) is 15.7 Å². The second kappa shape index (κ2) is 9.44. The second-order valence-corrected chi connectivity index (χ2v) is 10.8. The molecule has 1 aliphatic heterocycles. The summed E-state index contributed by atoms with van der Waals surface area (Å²) in [4.78, 5) is 39.0. The smallest absolute Gasteiger partial charge is 0.294 e. The zero-order valence-corrected chi connectivity index (χ0v) is 20.3. The highest BCUT2D eigenvalue weighted by molar-refractivity contribution is 8.18. The lowest BCUT2D eigenvalue weighted by Gasteiger charge is -2.13. The number of carbonyl (C=O) groups is 3. The first-order chi connectivity index (χ1) is 16.1. The minimum absolute atomic E-state index is 0.0280. The maximum Gasteiger partial charge on any atom is 0.294 e. The van der Waals surface area contributed by atoms with Crippen LogP contribution >= 0.6 is 23.1 Å². The molecular formula is C21H18N4O6S3. The van der Waals surface area contributed by atoms with Gasteiger partial charge in [-0.05, 0) is 67.4 Å². The van der Waals surface area contributed by atoms with E-state index < -0.39 is 33.6 Å². The Morgan fingerprint density at radius 3 is 2.53 bits per heavy atom. The third-order valence-electron chi connectivity index (χ3n) is 4.82. The number of benzene rings is 1. The molecule has 1 saturated heterocycles. The molecule has 3 heterocycles. The summed E-state index contributed by atoms with van der Waals surface area (Å²) in [7, 11) is -3.93. The average molecular weight is 519 g/mol. The molecule has 0 bridgehead atoms. The van der Waals surface area contributed by atoms with Crippen LogP contribution in [0.1, 0.15) is 16.1 Å². The molecule has 2 aromatic heterocycles. The molecule has 1 fully saturated rings. The highest BCUT2D eigenvalue weighted by Gasteiger charge is 2.36. The van der Waals surface area contributed by atoms with E-state index in [0.29, 0.717) is 16.9 Å². The monoisotopic (exact) mass is 518 g/mol. The molecule has 4 rings (SSSR count). The van der Waals surface area contributed by atoms with E-state index in [1.54, 1.807) is 19.9 Å². The third-order valence-corrected chi connectivity index (χ3v) is 7.90. The van der Waals surface area contributed by atoms with Gasteiger partial charge in [0.1, 0.15) is 6.54 Å². The van der Waals surface area contributed by atoms with Gasteiger partial charge in [-0.1, -0.05) is 11.2 Å². The highest BCUT2D eigenvalue weighted by atomic mass is 32.2. The standard InChI is InChI=1S/C21H18N4O6S3/c1-12-13(2)23-31-19(12)24-34(29,30)16-7-5-14(6-8-16)22-18(26)11-25-20(27)17(33-21(25)28)10-15-4-3-9-32-15/h3-10,24H,11H2,1-2H3,(H,22,26)/b17-10-. The lowest BCUT2D eigenvalue weighted by molar-refractivity contribution is -0.127. The Bertz CT molecular complexity index is 1390. The van der Waals surface area contributed by atoms with Crippen molar-refractivity contribution in [3.63, 3.8) is 0 Å². The van der Waals surface area contributed by atoms with Crippen LogP contribution in [0.3, 0.4) is 0 Å². The van der Waals surface area contributed by atoms with Gasteiger partial charge in [-0.15, -0.1) is 11.3 Å². The minimum Gasteiger partial charge on any atom is -0.337 e. The number of hydrogen-bond acceptors (Lipinski definition) is 9. The molecule has 2 N–H and O–H groups in total. The summed E-state index contributed by atoms with van der Waals surface area (Å²) < 4.78 is 32.4. The van der Waals surface area contributed by atoms with Crippen LogP contribution < -0.4 is 10.0 Å². The van der Waals surface area contributed by atoms with Gasteiger partial charge < -0.3 is 9.84 Å². The summed E-state index contributed by atoms with van der Waals surface area (Å²) in [5, 5.41) is 7.59. The molecule has 1 aromatic carbocycles. The number of nitrogens with one attached hydrogen (secondary N) is 2. The van der Waals surface area contributed by atoms with Crippen LogP contribution in [0, 0.1) is 13.8 Å². The number of carbonyl (C=O) groups excluding carboxylic acids is 3. The van der Waals surface area contributed by atoms with Crippen molar-refractivity contribution >= 4 is 67.8 Å². The molecule has 0 aliphatic carbocycles. The topological polar surface area (TPSA) is 139 Å². The third kappa shape index (κ3) is 5.05. The molecule has 0 saturated carbocycles. The summed E-state index contributed by atoms with van der Waals surface area (Å²) >= 11 is 2.20. The molecule has 0 spiro atoms. The van der Waals surface area contributed by atoms with Crippen LogP contribution in [0.5, 0.6) is 0 Å². The Balaban J connectivity index is 1.39. The van der Waals surface area contributed by atoms with E-state index in [4.69, 9.17) is 4.52 Å². The summed E-state index contributed by atoms with van der Waals surface area (Å²) in [6, 6.07) is 9.06. The quantitative estimate of drug-likeness (QED) is 0.450. The van der Waals surface area contributed by atoms with E-state index in [9.17, 15) is 22.8 Å². The van der Waals surface area contributed by atoms with Crippen molar-refractivity contribution < 1.29 is 27.3 Å². The fourth-order valence-electron chi connectivity index (χ4n) is 2.89. The Morgan fingerprint density at radius 2 is 1.91 bits per heavy atom. The van der Waals surface area contributed by atoms with Crippen molar-refractivity contribution in [2.24, 2.45) is 0 Å². The normalized spacial score (nSPS) is 15.2. The Labute approximate surface area is 203 Å². The van der Waals surface area contributed by atoms with Crippen molar-refractivity contribution in [2.45, 2.75) is 18.7 Å². The number of anilines is 2. The van der Waals surface area contributed by atoms with Gasteiger partial charge in [0.2, 0.25) is 11.8 Å². The predicted octanol–water partition coefficient (Wildman–Crippen LogP) is 3.83. The van der Waals surface area contributed by atoms with Crippen molar-refractivity contribution in [1.82, 2.24) is 10.1 Å². The maximum absolute atomic E-state index is 12.6. The Hall–Kier alpha value is -3.42. The molecule has 3 aromatic rings. The van der Waals surface area contributed by atoms with Gasteiger partial charge in [0.05, 0.1) is 15.5 Å². The Kier molecular flexibility index (Phi) is 6.59. The molecule has 13 heteroatoms. The fraction of sp³-hybridized carbons (Fsp3) is 0.143. The van der Waals surface area contributed by atoms with Gasteiger partial charge in [0.25, 0.3) is 21.2 Å².